The smallest absolute Gasteiger partial charge is 0.228 e. The third-order valence-corrected chi connectivity index (χ3v) is 7.06. The molecule has 3 aromatic heterocycles. The number of pyridine rings is 1. The number of ether oxygens (including phenoxy) is 1. The zero-order valence-corrected chi connectivity index (χ0v) is 19.6. The van der Waals surface area contributed by atoms with E-state index in [0.717, 1.165) is 49.8 Å². The van der Waals surface area contributed by atoms with Gasteiger partial charge in [-0.1, -0.05) is 84.9 Å². The summed E-state index contributed by atoms with van der Waals surface area (Å²) in [4.78, 5) is 14.5. The zero-order valence-electron chi connectivity index (χ0n) is 19.6. The molecule has 0 saturated carbocycles. The van der Waals surface area contributed by atoms with Gasteiger partial charge < -0.3 is 4.74 Å². The van der Waals surface area contributed by atoms with Gasteiger partial charge in [0, 0.05) is 16.9 Å². The van der Waals surface area contributed by atoms with E-state index in [-0.39, 0.29) is 5.92 Å². The van der Waals surface area contributed by atoms with Gasteiger partial charge in [0.2, 0.25) is 11.7 Å². The predicted molar refractivity (Wildman–Crippen MR) is 143 cm³/mol. The summed E-state index contributed by atoms with van der Waals surface area (Å²) in [5, 5.41) is 8.16. The van der Waals surface area contributed by atoms with Crippen LogP contribution in [0.2, 0.25) is 0 Å². The summed E-state index contributed by atoms with van der Waals surface area (Å²) in [6.45, 7) is 0. The Morgan fingerprint density at radius 2 is 1.46 bits per heavy atom. The van der Waals surface area contributed by atoms with Crippen LogP contribution in [0.5, 0.6) is 11.6 Å². The summed E-state index contributed by atoms with van der Waals surface area (Å²) in [7, 11) is 0. The first-order chi connectivity index (χ1) is 18.3. The molecule has 0 fully saturated rings. The molecule has 0 bridgehead atoms. The van der Waals surface area contributed by atoms with Crippen molar-refractivity contribution in [2.75, 3.05) is 0 Å². The molecule has 0 aliphatic carbocycles. The highest BCUT2D eigenvalue weighted by Gasteiger charge is 2.34. The summed E-state index contributed by atoms with van der Waals surface area (Å²) in [6, 6.07) is 35.1. The Labute approximate surface area is 211 Å². The SMILES string of the molecule is c1ccc([C@@H]2c3c(ccc4ccccc34)Oc3ncn4nc(-c5ccc6ccccc6n5)nc4c32)cc1. The molecule has 0 amide bonds. The molecule has 4 heterocycles. The minimum absolute atomic E-state index is 0.121. The number of para-hydroxylation sites is 1. The number of hydrogen-bond acceptors (Lipinski definition) is 5. The van der Waals surface area contributed by atoms with E-state index in [9.17, 15) is 0 Å². The molecule has 0 spiro atoms. The van der Waals surface area contributed by atoms with Crippen LogP contribution >= 0.6 is 0 Å². The molecule has 4 aromatic carbocycles. The van der Waals surface area contributed by atoms with Gasteiger partial charge in [0.1, 0.15) is 17.8 Å². The van der Waals surface area contributed by atoms with Crippen molar-refractivity contribution in [3.05, 3.63) is 126 Å². The molecule has 0 radical (unpaired) electrons. The standard InChI is InChI=1S/C31H19N5O/c1-2-10-21(11-3-1)26-27-22-12-6-4-8-19(22)15-17-25(27)37-31-28(26)30-34-29(35-36(30)18-32-31)24-16-14-20-9-5-7-13-23(20)33-24/h1-18,26H/t26-/m1/s1. The van der Waals surface area contributed by atoms with E-state index in [1.807, 2.05) is 42.5 Å². The minimum atomic E-state index is -0.121. The Bertz CT molecular complexity index is 1980. The monoisotopic (exact) mass is 477 g/mol. The Balaban J connectivity index is 1.40. The van der Waals surface area contributed by atoms with Crippen LogP contribution in [0.4, 0.5) is 0 Å². The summed E-state index contributed by atoms with van der Waals surface area (Å²) in [6.07, 6.45) is 1.67. The van der Waals surface area contributed by atoms with E-state index in [0.29, 0.717) is 17.4 Å². The van der Waals surface area contributed by atoms with Crippen molar-refractivity contribution >= 4 is 27.3 Å². The molecule has 0 unspecified atom stereocenters. The van der Waals surface area contributed by atoms with E-state index in [1.54, 1.807) is 10.8 Å². The van der Waals surface area contributed by atoms with Crippen LogP contribution in [0.3, 0.4) is 0 Å². The molecule has 37 heavy (non-hydrogen) atoms. The third kappa shape index (κ3) is 3.06. The van der Waals surface area contributed by atoms with Crippen LogP contribution in [0.1, 0.15) is 22.6 Å². The molecule has 1 aliphatic rings. The maximum Gasteiger partial charge on any atom is 0.228 e. The van der Waals surface area contributed by atoms with Crippen LogP contribution in [0.25, 0.3) is 38.8 Å². The lowest BCUT2D eigenvalue weighted by atomic mass is 9.81. The van der Waals surface area contributed by atoms with Gasteiger partial charge in [-0.05, 0) is 34.5 Å². The molecule has 8 rings (SSSR count). The van der Waals surface area contributed by atoms with Gasteiger partial charge in [-0.3, -0.25) is 0 Å². The van der Waals surface area contributed by atoms with Crippen LogP contribution in [0.15, 0.2) is 109 Å². The van der Waals surface area contributed by atoms with E-state index >= 15 is 0 Å². The van der Waals surface area contributed by atoms with Crippen LogP contribution < -0.4 is 4.74 Å². The number of nitrogens with zero attached hydrogens (tertiary/aromatic N) is 5. The topological polar surface area (TPSA) is 65.2 Å². The van der Waals surface area contributed by atoms with Crippen molar-refractivity contribution in [1.29, 1.82) is 0 Å². The van der Waals surface area contributed by atoms with Crippen molar-refractivity contribution in [1.82, 2.24) is 24.6 Å². The van der Waals surface area contributed by atoms with Gasteiger partial charge in [0.25, 0.3) is 0 Å². The first kappa shape index (κ1) is 20.1. The van der Waals surface area contributed by atoms with Gasteiger partial charge in [-0.25, -0.2) is 19.5 Å². The van der Waals surface area contributed by atoms with Gasteiger partial charge in [0.15, 0.2) is 5.65 Å². The Morgan fingerprint density at radius 3 is 2.38 bits per heavy atom. The lowest BCUT2D eigenvalue weighted by molar-refractivity contribution is 0.433. The Kier molecular flexibility index (Phi) is 4.19. The second kappa shape index (κ2) is 7.70. The normalized spacial score (nSPS) is 14.4. The Morgan fingerprint density at radius 1 is 0.676 bits per heavy atom. The highest BCUT2D eigenvalue weighted by molar-refractivity contribution is 5.91. The molecule has 0 N–H and O–H groups in total. The summed E-state index contributed by atoms with van der Waals surface area (Å²) >= 11 is 0. The average molecular weight is 478 g/mol. The minimum Gasteiger partial charge on any atom is -0.438 e. The first-order valence-electron chi connectivity index (χ1n) is 12.2. The number of benzene rings is 4. The third-order valence-electron chi connectivity index (χ3n) is 7.06. The molecular weight excluding hydrogens is 458 g/mol. The van der Waals surface area contributed by atoms with Crippen molar-refractivity contribution in [2.45, 2.75) is 5.92 Å². The van der Waals surface area contributed by atoms with Gasteiger partial charge in [-0.15, -0.1) is 5.10 Å². The van der Waals surface area contributed by atoms with E-state index in [4.69, 9.17) is 19.8 Å². The average Bonchev–Trinajstić information content (AvgIpc) is 3.41. The summed E-state index contributed by atoms with van der Waals surface area (Å²) in [5.41, 5.74) is 5.49. The summed E-state index contributed by atoms with van der Waals surface area (Å²) in [5.74, 6) is 1.79. The number of fused-ring (bicyclic) bond motifs is 7. The maximum absolute atomic E-state index is 6.41. The van der Waals surface area contributed by atoms with Crippen LogP contribution in [0, 0.1) is 0 Å². The highest BCUT2D eigenvalue weighted by atomic mass is 16.5. The Hall–Kier alpha value is -5.10. The molecule has 0 saturated heterocycles. The van der Waals surface area contributed by atoms with E-state index in [1.165, 1.54) is 0 Å². The predicted octanol–water partition coefficient (Wildman–Crippen LogP) is 6.78. The van der Waals surface area contributed by atoms with Crippen LogP contribution in [-0.2, 0) is 0 Å². The number of aromatic nitrogens is 5. The van der Waals surface area contributed by atoms with Crippen molar-refractivity contribution in [3.8, 4) is 23.1 Å². The lowest BCUT2D eigenvalue weighted by Crippen LogP contribution is -2.15. The van der Waals surface area contributed by atoms with Crippen molar-refractivity contribution < 1.29 is 4.74 Å². The highest BCUT2D eigenvalue weighted by Crippen LogP contribution is 2.50. The van der Waals surface area contributed by atoms with Crippen molar-refractivity contribution in [3.63, 3.8) is 0 Å². The second-order valence-electron chi connectivity index (χ2n) is 9.20. The van der Waals surface area contributed by atoms with Crippen LogP contribution in [-0.4, -0.2) is 24.6 Å². The number of rotatable bonds is 2. The zero-order chi connectivity index (χ0) is 24.3. The first-order valence-corrected chi connectivity index (χ1v) is 12.2. The van der Waals surface area contributed by atoms with Gasteiger partial charge >= 0.3 is 0 Å². The summed E-state index contributed by atoms with van der Waals surface area (Å²) < 4.78 is 8.15. The molecular formula is C31H19N5O. The molecule has 6 nitrogen and oxygen atoms in total. The maximum atomic E-state index is 6.41. The van der Waals surface area contributed by atoms with E-state index < -0.39 is 0 Å². The fourth-order valence-electron chi connectivity index (χ4n) is 5.38. The second-order valence-corrected chi connectivity index (χ2v) is 9.20. The fraction of sp³-hybridized carbons (Fsp3) is 0.0323. The van der Waals surface area contributed by atoms with Gasteiger partial charge in [-0.2, -0.15) is 0 Å². The molecule has 174 valence electrons. The lowest BCUT2D eigenvalue weighted by Gasteiger charge is -2.29. The number of hydrogen-bond donors (Lipinski definition) is 0. The molecule has 6 heteroatoms. The fourth-order valence-corrected chi connectivity index (χ4v) is 5.38. The van der Waals surface area contributed by atoms with Crippen molar-refractivity contribution in [2.24, 2.45) is 0 Å². The van der Waals surface area contributed by atoms with E-state index in [2.05, 4.69) is 65.6 Å². The largest absolute Gasteiger partial charge is 0.438 e. The molecule has 1 atom stereocenters. The quantitative estimate of drug-likeness (QED) is 0.275. The van der Waals surface area contributed by atoms with Gasteiger partial charge in [0.05, 0.1) is 11.1 Å². The molecule has 1 aliphatic heterocycles. The molecule has 7 aromatic rings.